The van der Waals surface area contributed by atoms with Crippen molar-refractivity contribution < 1.29 is 32.6 Å². The van der Waals surface area contributed by atoms with Gasteiger partial charge in [0.15, 0.2) is 17.3 Å². The molecule has 18 heteroatoms. The monoisotopic (exact) mass is 701 g/mol. The second-order valence-electron chi connectivity index (χ2n) is 11.4. The predicted molar refractivity (Wildman–Crippen MR) is 172 cm³/mol. The van der Waals surface area contributed by atoms with E-state index in [1.165, 1.54) is 10.8 Å². The molecule has 6 heterocycles. The van der Waals surface area contributed by atoms with Gasteiger partial charge in [0.25, 0.3) is 11.5 Å². The van der Waals surface area contributed by atoms with Crippen molar-refractivity contribution in [3.63, 3.8) is 0 Å². The summed E-state index contributed by atoms with van der Waals surface area (Å²) in [6.07, 6.45) is 1.63. The number of carbonyl (C=O) groups is 2. The van der Waals surface area contributed by atoms with Crippen molar-refractivity contribution in [2.45, 2.75) is 38.9 Å². The third kappa shape index (κ3) is 6.80. The number of nitrogens with one attached hydrogen (secondary N) is 1. The maximum Gasteiger partial charge on any atom is 0.416 e. The normalized spacial score (nSPS) is 16.1. The van der Waals surface area contributed by atoms with Gasteiger partial charge in [-0.05, 0) is 50.0 Å². The topological polar surface area (TPSA) is 160 Å². The number of hydrogen-bond acceptors (Lipinski definition) is 10. The number of alkyl halides is 3. The maximum atomic E-state index is 13.6. The molecule has 7 rings (SSSR count). The second-order valence-corrected chi connectivity index (χ2v) is 11.9. The molecule has 14 nitrogen and oxygen atoms in total. The van der Waals surface area contributed by atoms with Gasteiger partial charge in [-0.25, -0.2) is 9.97 Å². The lowest BCUT2D eigenvalue weighted by molar-refractivity contribution is -0.137. The SMILES string of the molecule is Cc1ncnc(C(=O)N2CCN(c3c4n(c5nc(C6=CCOCC6)nn5c3=O)CCC4)CC2)c1O.O=CNc1ccc(C(F)(F)F)cc1Cl. The van der Waals surface area contributed by atoms with Crippen molar-refractivity contribution >= 4 is 46.6 Å². The Kier molecular flexibility index (Phi) is 9.56. The van der Waals surface area contributed by atoms with Gasteiger partial charge < -0.3 is 29.5 Å². The minimum absolute atomic E-state index is 0.00546. The Hall–Kier alpha value is -5.03. The summed E-state index contributed by atoms with van der Waals surface area (Å²) >= 11 is 5.49. The van der Waals surface area contributed by atoms with Crippen molar-refractivity contribution in [2.24, 2.45) is 0 Å². The number of halogens is 4. The van der Waals surface area contributed by atoms with Gasteiger partial charge >= 0.3 is 6.18 Å². The minimum Gasteiger partial charge on any atom is -0.504 e. The Bertz CT molecular complexity index is 2010. The van der Waals surface area contributed by atoms with Crippen LogP contribution in [0.15, 0.2) is 35.4 Å². The molecule has 4 aromatic rings. The summed E-state index contributed by atoms with van der Waals surface area (Å²) in [4.78, 5) is 52.9. The van der Waals surface area contributed by atoms with Crippen molar-refractivity contribution in [1.29, 1.82) is 0 Å². The molecule has 3 aliphatic rings. The predicted octanol–water partition coefficient (Wildman–Crippen LogP) is 3.33. The van der Waals surface area contributed by atoms with Crippen LogP contribution in [0.1, 0.15) is 46.1 Å². The average Bonchev–Trinajstić information content (AvgIpc) is 3.76. The third-order valence-electron chi connectivity index (χ3n) is 8.47. The Morgan fingerprint density at radius 2 is 1.90 bits per heavy atom. The van der Waals surface area contributed by atoms with Gasteiger partial charge in [0, 0.05) is 32.7 Å². The molecule has 2 amide bonds. The highest BCUT2D eigenvalue weighted by Gasteiger charge is 2.32. The number of piperazine rings is 1. The highest BCUT2D eigenvalue weighted by atomic mass is 35.5. The number of carbonyl (C=O) groups excluding carboxylic acids is 2. The number of ether oxygens (including phenoxy) is 1. The molecule has 0 spiro atoms. The summed E-state index contributed by atoms with van der Waals surface area (Å²) in [7, 11) is 0. The molecule has 0 unspecified atom stereocenters. The fourth-order valence-electron chi connectivity index (χ4n) is 5.94. The molecule has 0 bridgehead atoms. The number of nitrogens with zero attached hydrogens (tertiary/aromatic N) is 8. The van der Waals surface area contributed by atoms with E-state index in [9.17, 15) is 32.7 Å². The van der Waals surface area contributed by atoms with Gasteiger partial charge in [-0.1, -0.05) is 17.7 Å². The second kappa shape index (κ2) is 13.8. The van der Waals surface area contributed by atoms with Crippen LogP contribution >= 0.6 is 11.6 Å². The molecular weight excluding hydrogens is 671 g/mol. The van der Waals surface area contributed by atoms with E-state index in [0.717, 1.165) is 55.3 Å². The van der Waals surface area contributed by atoms with Crippen molar-refractivity contribution in [2.75, 3.05) is 49.6 Å². The van der Waals surface area contributed by atoms with Crippen molar-refractivity contribution in [3.8, 4) is 5.75 Å². The molecule has 258 valence electrons. The van der Waals surface area contributed by atoms with Crippen LogP contribution in [0, 0.1) is 6.92 Å². The number of rotatable bonds is 5. The zero-order chi connectivity index (χ0) is 34.9. The Balaban J connectivity index is 0.000000251. The van der Waals surface area contributed by atoms with Gasteiger partial charge in [-0.3, -0.25) is 14.4 Å². The first kappa shape index (κ1) is 33.9. The van der Waals surface area contributed by atoms with Crippen LogP contribution in [0.5, 0.6) is 5.75 Å². The van der Waals surface area contributed by atoms with Crippen LogP contribution in [0.4, 0.5) is 24.5 Å². The van der Waals surface area contributed by atoms with Crippen LogP contribution in [-0.4, -0.2) is 90.8 Å². The van der Waals surface area contributed by atoms with Crippen molar-refractivity contribution in [1.82, 2.24) is 34.0 Å². The first-order valence-corrected chi connectivity index (χ1v) is 15.8. The first-order valence-electron chi connectivity index (χ1n) is 15.4. The molecule has 0 saturated carbocycles. The molecule has 0 aliphatic carbocycles. The molecule has 49 heavy (non-hydrogen) atoms. The van der Waals surface area contributed by atoms with E-state index in [4.69, 9.17) is 21.3 Å². The van der Waals surface area contributed by atoms with Crippen LogP contribution in [0.2, 0.25) is 5.02 Å². The number of aromatic hydroxyl groups is 1. The van der Waals surface area contributed by atoms with E-state index >= 15 is 0 Å². The number of anilines is 2. The van der Waals surface area contributed by atoms with Gasteiger partial charge in [-0.2, -0.15) is 22.7 Å². The number of benzene rings is 1. The van der Waals surface area contributed by atoms with E-state index in [2.05, 4.69) is 25.0 Å². The number of aromatic nitrogens is 6. The lowest BCUT2D eigenvalue weighted by Crippen LogP contribution is -2.50. The number of aryl methyl sites for hydroxylation is 2. The molecule has 1 aromatic carbocycles. The van der Waals surface area contributed by atoms with Crippen molar-refractivity contribution in [3.05, 3.63) is 74.4 Å². The number of fused-ring (bicyclic) bond motifs is 3. The summed E-state index contributed by atoms with van der Waals surface area (Å²) in [5.74, 6) is 0.635. The van der Waals surface area contributed by atoms with Gasteiger partial charge in [0.1, 0.15) is 12.0 Å². The lowest BCUT2D eigenvalue weighted by Gasteiger charge is -2.36. The van der Waals surface area contributed by atoms with Gasteiger partial charge in [-0.15, -0.1) is 5.10 Å². The Morgan fingerprint density at radius 1 is 1.12 bits per heavy atom. The zero-order valence-electron chi connectivity index (χ0n) is 26.2. The molecule has 0 radical (unpaired) electrons. The Labute approximate surface area is 281 Å². The molecule has 1 fully saturated rings. The maximum absolute atomic E-state index is 13.6. The fraction of sp³-hybridized carbons (Fsp3) is 0.387. The molecular formula is C31H31ClF3N9O5. The highest BCUT2D eigenvalue weighted by Crippen LogP contribution is 2.33. The number of hydrogen-bond donors (Lipinski definition) is 2. The fourth-order valence-corrected chi connectivity index (χ4v) is 6.18. The Morgan fingerprint density at radius 3 is 2.57 bits per heavy atom. The van der Waals surface area contributed by atoms with Crippen LogP contribution in [0.25, 0.3) is 11.4 Å². The van der Waals surface area contributed by atoms with E-state index in [0.29, 0.717) is 68.8 Å². The van der Waals surface area contributed by atoms with Gasteiger partial charge in [0.05, 0.1) is 40.9 Å². The summed E-state index contributed by atoms with van der Waals surface area (Å²) < 4.78 is 45.3. The summed E-state index contributed by atoms with van der Waals surface area (Å²) in [5.41, 5.74) is 2.11. The molecule has 1 saturated heterocycles. The molecule has 3 aromatic heterocycles. The smallest absolute Gasteiger partial charge is 0.416 e. The first-order chi connectivity index (χ1) is 23.5. The third-order valence-corrected chi connectivity index (χ3v) is 8.79. The average molecular weight is 702 g/mol. The number of amides is 2. The lowest BCUT2D eigenvalue weighted by atomic mass is 10.1. The largest absolute Gasteiger partial charge is 0.504 e. The highest BCUT2D eigenvalue weighted by molar-refractivity contribution is 6.33. The minimum atomic E-state index is -4.43. The van der Waals surface area contributed by atoms with Crippen LogP contribution in [0.3, 0.4) is 0 Å². The summed E-state index contributed by atoms with van der Waals surface area (Å²) in [6.45, 7) is 5.38. The quantitative estimate of drug-likeness (QED) is 0.296. The van der Waals surface area contributed by atoms with E-state index < -0.39 is 11.7 Å². The van der Waals surface area contributed by atoms with Crippen LogP contribution in [-0.2, 0) is 28.7 Å². The van der Waals surface area contributed by atoms with E-state index in [1.54, 1.807) is 11.8 Å². The zero-order valence-corrected chi connectivity index (χ0v) is 27.0. The van der Waals surface area contributed by atoms with E-state index in [-0.39, 0.29) is 33.6 Å². The van der Waals surface area contributed by atoms with Gasteiger partial charge in [0.2, 0.25) is 12.2 Å². The van der Waals surface area contributed by atoms with Crippen LogP contribution < -0.4 is 15.8 Å². The molecule has 2 N–H and O–H groups in total. The molecule has 0 atom stereocenters. The standard InChI is InChI=1S/C23H26N8O4.C8H5ClF3NO/c1-14-19(32)17(25-13-24-14)21(33)29-9-7-28(8-10-29)18-16-3-2-6-30(16)23-26-20(27-31(23)22(18)34)15-4-11-35-12-5-15;9-6-3-5(8(10,11)12)1-2-7(6)13-4-14/h4,13,32H,2-3,5-12H2,1H3;1-4H,(H,13,14). The summed E-state index contributed by atoms with van der Waals surface area (Å²) in [5, 5.41) is 16.8. The molecule has 3 aliphatic heterocycles. The summed E-state index contributed by atoms with van der Waals surface area (Å²) in [6, 6.07) is 2.70. The van der Waals surface area contributed by atoms with E-state index in [1.807, 2.05) is 11.0 Å².